The molecule has 3 heterocycles. The number of amides is 1. The highest BCUT2D eigenvalue weighted by molar-refractivity contribution is 5.93. The molecule has 0 bridgehead atoms. The largest absolute Gasteiger partial charge is 0.382 e. The highest BCUT2D eigenvalue weighted by atomic mass is 16.2. The first kappa shape index (κ1) is 14.2. The molecule has 1 aliphatic carbocycles. The quantitative estimate of drug-likeness (QED) is 0.930. The van der Waals surface area contributed by atoms with Gasteiger partial charge in [-0.05, 0) is 43.9 Å². The fourth-order valence-electron chi connectivity index (χ4n) is 3.34. The molecule has 7 heteroatoms. The summed E-state index contributed by atoms with van der Waals surface area (Å²) in [7, 11) is 1.91. The van der Waals surface area contributed by atoms with Gasteiger partial charge in [0.1, 0.15) is 5.82 Å². The van der Waals surface area contributed by atoms with Crippen molar-refractivity contribution in [1.29, 1.82) is 0 Å². The lowest BCUT2D eigenvalue weighted by molar-refractivity contribution is 0.0725. The van der Waals surface area contributed by atoms with Gasteiger partial charge in [-0.2, -0.15) is 10.2 Å². The van der Waals surface area contributed by atoms with Crippen LogP contribution in [0, 0.1) is 0 Å². The third-order valence-electron chi connectivity index (χ3n) is 4.69. The van der Waals surface area contributed by atoms with E-state index in [1.807, 2.05) is 28.8 Å². The van der Waals surface area contributed by atoms with E-state index in [4.69, 9.17) is 5.73 Å². The van der Waals surface area contributed by atoms with Gasteiger partial charge < -0.3 is 10.6 Å². The second kappa shape index (κ2) is 5.33. The molecule has 1 saturated heterocycles. The summed E-state index contributed by atoms with van der Waals surface area (Å²) in [6.45, 7) is 0.727. The molecule has 2 aromatic rings. The molecule has 2 N–H and O–H groups in total. The minimum atomic E-state index is -0.0398. The third kappa shape index (κ3) is 2.56. The number of aromatic nitrogens is 4. The van der Waals surface area contributed by atoms with E-state index in [1.54, 1.807) is 6.07 Å². The molecule has 0 aromatic carbocycles. The van der Waals surface area contributed by atoms with Gasteiger partial charge in [-0.15, -0.1) is 5.10 Å². The van der Waals surface area contributed by atoms with Crippen LogP contribution in [0.3, 0.4) is 0 Å². The summed E-state index contributed by atoms with van der Waals surface area (Å²) < 4.78 is 1.85. The number of rotatable bonds is 3. The van der Waals surface area contributed by atoms with Crippen LogP contribution in [0.25, 0.3) is 0 Å². The van der Waals surface area contributed by atoms with Crippen LogP contribution in [0.2, 0.25) is 0 Å². The highest BCUT2D eigenvalue weighted by Crippen LogP contribution is 2.40. The maximum absolute atomic E-state index is 12.9. The summed E-state index contributed by atoms with van der Waals surface area (Å²) in [6.07, 6.45) is 4.25. The average molecular weight is 312 g/mol. The lowest BCUT2D eigenvalue weighted by Gasteiger charge is -2.23. The smallest absolute Gasteiger partial charge is 0.274 e. The summed E-state index contributed by atoms with van der Waals surface area (Å²) in [5.74, 6) is 0.948. The lowest BCUT2D eigenvalue weighted by atomic mass is 10.1. The number of hydrogen-bond acceptors (Lipinski definition) is 5. The van der Waals surface area contributed by atoms with E-state index >= 15 is 0 Å². The van der Waals surface area contributed by atoms with Crippen molar-refractivity contribution in [1.82, 2.24) is 24.9 Å². The Labute approximate surface area is 134 Å². The van der Waals surface area contributed by atoms with Gasteiger partial charge in [-0.25, -0.2) is 0 Å². The monoisotopic (exact) mass is 312 g/mol. The summed E-state index contributed by atoms with van der Waals surface area (Å²) >= 11 is 0. The SMILES string of the molecule is Cn1nc(C(=O)N2CCCC2c2ccc(N)nn2)cc1C1CC1. The third-order valence-corrected chi connectivity index (χ3v) is 4.69. The summed E-state index contributed by atoms with van der Waals surface area (Å²) in [5, 5.41) is 12.5. The van der Waals surface area contributed by atoms with Crippen LogP contribution in [0.1, 0.15) is 59.5 Å². The first-order valence-electron chi connectivity index (χ1n) is 8.07. The van der Waals surface area contributed by atoms with Gasteiger partial charge in [0.25, 0.3) is 5.91 Å². The standard InChI is InChI=1S/C16H20N6O/c1-21-14(10-4-5-10)9-12(20-21)16(23)22-8-2-3-13(22)11-6-7-15(17)19-18-11/h6-7,9-10,13H,2-5,8H2,1H3,(H2,17,19). The molecule has 4 rings (SSSR count). The molecule has 1 unspecified atom stereocenters. The number of nitrogen functional groups attached to an aromatic ring is 1. The zero-order valence-corrected chi connectivity index (χ0v) is 13.1. The lowest BCUT2D eigenvalue weighted by Crippen LogP contribution is -2.31. The Morgan fingerprint density at radius 2 is 2.09 bits per heavy atom. The van der Waals surface area contributed by atoms with Gasteiger partial charge in [-0.3, -0.25) is 9.48 Å². The van der Waals surface area contributed by atoms with Crippen molar-refractivity contribution in [3.8, 4) is 0 Å². The van der Waals surface area contributed by atoms with E-state index in [9.17, 15) is 4.79 Å². The predicted octanol–water partition coefficient (Wildman–Crippen LogP) is 1.65. The molecule has 1 saturated carbocycles. The number of hydrogen-bond donors (Lipinski definition) is 1. The molecule has 2 aromatic heterocycles. The Morgan fingerprint density at radius 1 is 1.26 bits per heavy atom. The molecule has 7 nitrogen and oxygen atoms in total. The van der Waals surface area contributed by atoms with Crippen LogP contribution >= 0.6 is 0 Å². The van der Waals surface area contributed by atoms with Gasteiger partial charge in [0.2, 0.25) is 0 Å². The topological polar surface area (TPSA) is 89.9 Å². The average Bonchev–Trinajstić information content (AvgIpc) is 3.13. The first-order chi connectivity index (χ1) is 11.1. The molecule has 120 valence electrons. The Hall–Kier alpha value is -2.44. The van der Waals surface area contributed by atoms with E-state index in [0.717, 1.165) is 30.8 Å². The van der Waals surface area contributed by atoms with Gasteiger partial charge in [-0.1, -0.05) is 0 Å². The molecule has 2 fully saturated rings. The van der Waals surface area contributed by atoms with Crippen LogP contribution < -0.4 is 5.73 Å². The van der Waals surface area contributed by atoms with E-state index in [1.165, 1.54) is 12.8 Å². The normalized spacial score (nSPS) is 20.9. The van der Waals surface area contributed by atoms with Crippen LogP contribution in [0.4, 0.5) is 5.82 Å². The Kier molecular flexibility index (Phi) is 3.28. The van der Waals surface area contributed by atoms with Crippen molar-refractivity contribution >= 4 is 11.7 Å². The number of aryl methyl sites for hydroxylation is 1. The highest BCUT2D eigenvalue weighted by Gasteiger charge is 2.34. The van der Waals surface area contributed by atoms with Crippen LogP contribution in [-0.4, -0.2) is 37.3 Å². The van der Waals surface area contributed by atoms with Crippen molar-refractivity contribution < 1.29 is 4.79 Å². The van der Waals surface area contributed by atoms with E-state index in [0.29, 0.717) is 17.4 Å². The maximum Gasteiger partial charge on any atom is 0.274 e. The Bertz CT molecular complexity index is 734. The number of nitrogens with two attached hydrogens (primary N) is 1. The Balaban J connectivity index is 1.59. The van der Waals surface area contributed by atoms with Crippen molar-refractivity contribution in [2.75, 3.05) is 12.3 Å². The number of nitrogens with zero attached hydrogens (tertiary/aromatic N) is 5. The van der Waals surface area contributed by atoms with E-state index in [-0.39, 0.29) is 11.9 Å². The first-order valence-corrected chi connectivity index (χ1v) is 8.07. The van der Waals surface area contributed by atoms with E-state index < -0.39 is 0 Å². The number of carbonyl (C=O) groups is 1. The number of likely N-dealkylation sites (tertiary alicyclic amines) is 1. The van der Waals surface area contributed by atoms with Crippen molar-refractivity contribution in [3.05, 3.63) is 35.3 Å². The minimum Gasteiger partial charge on any atom is -0.382 e. The molecular weight excluding hydrogens is 292 g/mol. The van der Waals surface area contributed by atoms with Crippen molar-refractivity contribution in [2.24, 2.45) is 7.05 Å². The van der Waals surface area contributed by atoms with Crippen molar-refractivity contribution in [3.63, 3.8) is 0 Å². The summed E-state index contributed by atoms with van der Waals surface area (Å²) in [6, 6.07) is 5.49. The zero-order chi connectivity index (χ0) is 16.0. The van der Waals surface area contributed by atoms with Crippen LogP contribution in [-0.2, 0) is 7.05 Å². The molecule has 1 aliphatic heterocycles. The molecule has 1 amide bonds. The predicted molar refractivity (Wildman–Crippen MR) is 84.6 cm³/mol. The fraction of sp³-hybridized carbons (Fsp3) is 0.500. The van der Waals surface area contributed by atoms with Gasteiger partial charge in [0.05, 0.1) is 11.7 Å². The van der Waals surface area contributed by atoms with Gasteiger partial charge in [0.15, 0.2) is 5.69 Å². The molecule has 23 heavy (non-hydrogen) atoms. The van der Waals surface area contributed by atoms with Crippen molar-refractivity contribution in [2.45, 2.75) is 37.6 Å². The Morgan fingerprint density at radius 3 is 2.78 bits per heavy atom. The van der Waals surface area contributed by atoms with E-state index in [2.05, 4.69) is 15.3 Å². The minimum absolute atomic E-state index is 0.0198. The number of anilines is 1. The van der Waals surface area contributed by atoms with Crippen LogP contribution in [0.15, 0.2) is 18.2 Å². The summed E-state index contributed by atoms with van der Waals surface area (Å²) in [5.41, 5.74) is 8.09. The van der Waals surface area contributed by atoms with Gasteiger partial charge >= 0.3 is 0 Å². The maximum atomic E-state index is 12.9. The van der Waals surface area contributed by atoms with Gasteiger partial charge in [0, 0.05) is 25.2 Å². The second-order valence-electron chi connectivity index (χ2n) is 6.39. The molecular formula is C16H20N6O. The molecule has 0 spiro atoms. The zero-order valence-electron chi connectivity index (χ0n) is 13.1. The molecule has 0 radical (unpaired) electrons. The molecule has 1 atom stereocenters. The van der Waals surface area contributed by atoms with Crippen LogP contribution in [0.5, 0.6) is 0 Å². The fourth-order valence-corrected chi connectivity index (χ4v) is 3.34. The summed E-state index contributed by atoms with van der Waals surface area (Å²) in [4.78, 5) is 14.7. The molecule has 2 aliphatic rings. The number of carbonyl (C=O) groups excluding carboxylic acids is 1. The second-order valence-corrected chi connectivity index (χ2v) is 6.39.